The molecule has 0 spiro atoms. The number of carbonyl (C=O) groups excluding carboxylic acids is 1. The van der Waals surface area contributed by atoms with Gasteiger partial charge in [-0.1, -0.05) is 26.2 Å². The second-order valence-electron chi connectivity index (χ2n) is 5.58. The Labute approximate surface area is 129 Å². The maximum Gasteiger partial charge on any atom is 0.251 e. The number of hydrogen-bond donors (Lipinski definition) is 1. The van der Waals surface area contributed by atoms with Crippen LogP contribution >= 0.6 is 15.9 Å². The summed E-state index contributed by atoms with van der Waals surface area (Å²) >= 11 is 3.41. The van der Waals surface area contributed by atoms with Crippen molar-refractivity contribution in [3.8, 4) is 5.75 Å². The fourth-order valence-corrected chi connectivity index (χ4v) is 3.37. The number of rotatable bonds is 4. The molecule has 1 aliphatic rings. The van der Waals surface area contributed by atoms with Crippen molar-refractivity contribution in [2.24, 2.45) is 11.8 Å². The fourth-order valence-electron chi connectivity index (χ4n) is 2.83. The zero-order valence-corrected chi connectivity index (χ0v) is 13.7. The number of halogens is 1. The van der Waals surface area contributed by atoms with Gasteiger partial charge in [0.15, 0.2) is 0 Å². The monoisotopic (exact) mass is 339 g/mol. The van der Waals surface area contributed by atoms with Gasteiger partial charge >= 0.3 is 0 Å². The van der Waals surface area contributed by atoms with E-state index in [1.165, 1.54) is 25.7 Å². The summed E-state index contributed by atoms with van der Waals surface area (Å²) in [5.41, 5.74) is 0.668. The summed E-state index contributed by atoms with van der Waals surface area (Å²) in [7, 11) is 1.62. The third-order valence-electron chi connectivity index (χ3n) is 4.23. The van der Waals surface area contributed by atoms with Gasteiger partial charge in [-0.3, -0.25) is 4.79 Å². The Hall–Kier alpha value is -1.03. The molecule has 3 nitrogen and oxygen atoms in total. The van der Waals surface area contributed by atoms with Crippen molar-refractivity contribution in [2.45, 2.75) is 32.6 Å². The molecule has 0 aliphatic heterocycles. The predicted octanol–water partition coefficient (Wildman–Crippen LogP) is 4.01. The van der Waals surface area contributed by atoms with E-state index in [0.29, 0.717) is 17.4 Å². The van der Waals surface area contributed by atoms with Gasteiger partial charge in [0.1, 0.15) is 5.75 Å². The van der Waals surface area contributed by atoms with Gasteiger partial charge in [0.05, 0.1) is 11.6 Å². The second-order valence-corrected chi connectivity index (χ2v) is 6.44. The number of methoxy groups -OCH3 is 1. The van der Waals surface area contributed by atoms with Gasteiger partial charge in [-0.2, -0.15) is 0 Å². The fraction of sp³-hybridized carbons (Fsp3) is 0.562. The molecule has 1 saturated carbocycles. The molecule has 2 rings (SSSR count). The second kappa shape index (κ2) is 7.11. The first-order valence-electron chi connectivity index (χ1n) is 7.23. The van der Waals surface area contributed by atoms with E-state index < -0.39 is 0 Å². The van der Waals surface area contributed by atoms with Gasteiger partial charge in [-0.25, -0.2) is 0 Å². The Balaban J connectivity index is 1.93. The van der Waals surface area contributed by atoms with Crippen LogP contribution in [0.1, 0.15) is 43.0 Å². The first-order valence-corrected chi connectivity index (χ1v) is 8.03. The van der Waals surface area contributed by atoms with Crippen LogP contribution in [-0.2, 0) is 0 Å². The Kier molecular flexibility index (Phi) is 5.46. The molecule has 1 fully saturated rings. The summed E-state index contributed by atoms with van der Waals surface area (Å²) in [5.74, 6) is 2.06. The molecule has 1 amide bonds. The molecule has 110 valence electrons. The summed E-state index contributed by atoms with van der Waals surface area (Å²) in [4.78, 5) is 12.2. The van der Waals surface area contributed by atoms with Gasteiger partial charge in [0, 0.05) is 12.1 Å². The first kappa shape index (κ1) is 15.4. The lowest BCUT2D eigenvalue weighted by Crippen LogP contribution is -2.33. The highest BCUT2D eigenvalue weighted by molar-refractivity contribution is 9.10. The average Bonchev–Trinajstić information content (AvgIpc) is 2.46. The van der Waals surface area contributed by atoms with Crippen molar-refractivity contribution in [3.63, 3.8) is 0 Å². The van der Waals surface area contributed by atoms with Gasteiger partial charge in [-0.05, 0) is 52.4 Å². The smallest absolute Gasteiger partial charge is 0.251 e. The minimum atomic E-state index is -0.00822. The lowest BCUT2D eigenvalue weighted by Gasteiger charge is -2.28. The van der Waals surface area contributed by atoms with Gasteiger partial charge < -0.3 is 10.1 Å². The predicted molar refractivity (Wildman–Crippen MR) is 84.1 cm³/mol. The molecule has 20 heavy (non-hydrogen) atoms. The van der Waals surface area contributed by atoms with E-state index in [-0.39, 0.29) is 5.91 Å². The van der Waals surface area contributed by atoms with E-state index >= 15 is 0 Å². The maximum absolute atomic E-state index is 12.2. The van der Waals surface area contributed by atoms with Crippen LogP contribution in [0.4, 0.5) is 0 Å². The van der Waals surface area contributed by atoms with Crippen LogP contribution in [0.25, 0.3) is 0 Å². The van der Waals surface area contributed by atoms with Gasteiger partial charge in [-0.15, -0.1) is 0 Å². The van der Waals surface area contributed by atoms with Crippen LogP contribution < -0.4 is 10.1 Å². The van der Waals surface area contributed by atoms with E-state index in [0.717, 1.165) is 16.8 Å². The normalized spacial score (nSPS) is 22.4. The van der Waals surface area contributed by atoms with Crippen molar-refractivity contribution in [1.82, 2.24) is 5.32 Å². The standard InChI is InChI=1S/C16H22BrNO2/c1-11-5-3-4-6-13(11)10-18-16(19)12-7-8-15(20-2)14(17)9-12/h7-9,11,13H,3-6,10H2,1-2H3,(H,18,19). The largest absolute Gasteiger partial charge is 0.496 e. The number of carbonyl (C=O) groups is 1. The van der Waals surface area contributed by atoms with Crippen molar-refractivity contribution in [3.05, 3.63) is 28.2 Å². The third kappa shape index (κ3) is 3.75. The number of amides is 1. The van der Waals surface area contributed by atoms with Gasteiger partial charge in [0.25, 0.3) is 5.91 Å². The number of hydrogen-bond acceptors (Lipinski definition) is 2. The molecule has 0 heterocycles. The highest BCUT2D eigenvalue weighted by Crippen LogP contribution is 2.29. The molecule has 4 heteroatoms. The lowest BCUT2D eigenvalue weighted by molar-refractivity contribution is 0.0936. The van der Waals surface area contributed by atoms with Crippen LogP contribution in [0.3, 0.4) is 0 Å². The Morgan fingerprint density at radius 2 is 2.15 bits per heavy atom. The van der Waals surface area contributed by atoms with Crippen molar-refractivity contribution in [2.75, 3.05) is 13.7 Å². The van der Waals surface area contributed by atoms with Crippen LogP contribution in [0.2, 0.25) is 0 Å². The van der Waals surface area contributed by atoms with Crippen molar-refractivity contribution >= 4 is 21.8 Å². The number of ether oxygens (including phenoxy) is 1. The summed E-state index contributed by atoms with van der Waals surface area (Å²) in [6, 6.07) is 5.41. The highest BCUT2D eigenvalue weighted by Gasteiger charge is 2.21. The molecule has 0 aromatic heterocycles. The van der Waals surface area contributed by atoms with Crippen LogP contribution in [0.5, 0.6) is 5.75 Å². The molecule has 1 aromatic carbocycles. The van der Waals surface area contributed by atoms with Crippen LogP contribution in [0, 0.1) is 11.8 Å². The summed E-state index contributed by atoms with van der Waals surface area (Å²) in [6.45, 7) is 3.07. The van der Waals surface area contributed by atoms with E-state index in [1.54, 1.807) is 19.2 Å². The quantitative estimate of drug-likeness (QED) is 0.899. The zero-order chi connectivity index (χ0) is 14.5. The molecular weight excluding hydrogens is 318 g/mol. The number of benzene rings is 1. The average molecular weight is 340 g/mol. The topological polar surface area (TPSA) is 38.3 Å². The van der Waals surface area contributed by atoms with Crippen LogP contribution in [-0.4, -0.2) is 19.6 Å². The molecule has 0 bridgehead atoms. The molecule has 1 N–H and O–H groups in total. The highest BCUT2D eigenvalue weighted by atomic mass is 79.9. The lowest BCUT2D eigenvalue weighted by atomic mass is 9.80. The molecule has 2 unspecified atom stereocenters. The van der Waals surface area contributed by atoms with Gasteiger partial charge in [0.2, 0.25) is 0 Å². The van der Waals surface area contributed by atoms with Crippen LogP contribution in [0.15, 0.2) is 22.7 Å². The summed E-state index contributed by atoms with van der Waals surface area (Å²) in [6.07, 6.45) is 5.14. The van der Waals surface area contributed by atoms with Crippen molar-refractivity contribution in [1.29, 1.82) is 0 Å². The van der Waals surface area contributed by atoms with E-state index in [2.05, 4.69) is 28.2 Å². The number of nitrogens with one attached hydrogen (secondary N) is 1. The minimum absolute atomic E-state index is 0.00822. The zero-order valence-electron chi connectivity index (χ0n) is 12.1. The first-order chi connectivity index (χ1) is 9.61. The molecule has 2 atom stereocenters. The Morgan fingerprint density at radius 1 is 1.40 bits per heavy atom. The van der Waals surface area contributed by atoms with Crippen molar-refractivity contribution < 1.29 is 9.53 Å². The molecule has 0 radical (unpaired) electrons. The molecule has 1 aromatic rings. The summed E-state index contributed by atoms with van der Waals surface area (Å²) < 4.78 is 5.97. The molecular formula is C16H22BrNO2. The SMILES string of the molecule is COc1ccc(C(=O)NCC2CCCCC2C)cc1Br. The van der Waals surface area contributed by atoms with E-state index in [4.69, 9.17) is 4.74 Å². The molecule has 0 saturated heterocycles. The maximum atomic E-state index is 12.2. The minimum Gasteiger partial charge on any atom is -0.496 e. The van der Waals surface area contributed by atoms with E-state index in [1.807, 2.05) is 6.07 Å². The Bertz CT molecular complexity index is 476. The Morgan fingerprint density at radius 3 is 2.80 bits per heavy atom. The summed E-state index contributed by atoms with van der Waals surface area (Å²) in [5, 5.41) is 3.06. The molecule has 1 aliphatic carbocycles. The van der Waals surface area contributed by atoms with E-state index in [9.17, 15) is 4.79 Å². The third-order valence-corrected chi connectivity index (χ3v) is 4.85.